The van der Waals surface area contributed by atoms with Gasteiger partial charge in [0.1, 0.15) is 8.15 Å². The maximum Gasteiger partial charge on any atom is 1.00 e. The summed E-state index contributed by atoms with van der Waals surface area (Å²) in [5, 5.41) is 1.38. The minimum atomic E-state index is -4.53. The quantitative estimate of drug-likeness (QED) is 0.320. The van der Waals surface area contributed by atoms with Crippen LogP contribution in [0.25, 0.3) is 0 Å². The van der Waals surface area contributed by atoms with Gasteiger partial charge in [-0.25, -0.2) is 3.97 Å². The van der Waals surface area contributed by atoms with Crippen LogP contribution in [-0.4, -0.2) is 21.4 Å². The molecule has 1 N–H and O–H groups in total. The van der Waals surface area contributed by atoms with Gasteiger partial charge in [-0.15, -0.1) is 0 Å². The molecule has 28 heavy (non-hydrogen) atoms. The van der Waals surface area contributed by atoms with Crippen LogP contribution in [0.15, 0.2) is 94.7 Å². The Kier molecular flexibility index (Phi) is 7.96. The minimum absolute atomic E-state index is 0. The second-order valence-electron chi connectivity index (χ2n) is 5.44. The van der Waals surface area contributed by atoms with Crippen LogP contribution >= 0.6 is 8.15 Å². The Labute approximate surface area is 189 Å². The summed E-state index contributed by atoms with van der Waals surface area (Å²) < 4.78 is 62.9. The molecular formula is C18H16NaO6PS2. The molecule has 0 saturated carbocycles. The molecule has 0 aliphatic rings. The zero-order valence-corrected chi connectivity index (χ0v) is 19.4. The fourth-order valence-electron chi connectivity index (χ4n) is 2.29. The maximum atomic E-state index is 12.8. The standard InChI is InChI=1S/C18H15O6PS2.Na.H/c19-26(20,21)17-12-7-13-18(14-17)27(22,23)24-25(15-8-3-1-4-9-15)16-10-5-2-6-11-16;;/h1-14H,(H,19,20,21);;/q;+1;-1. The van der Waals surface area contributed by atoms with Crippen LogP contribution in [0.1, 0.15) is 1.43 Å². The van der Waals surface area contributed by atoms with E-state index in [4.69, 9.17) is 8.52 Å². The molecule has 3 aromatic carbocycles. The van der Waals surface area contributed by atoms with Crippen molar-refractivity contribution in [2.24, 2.45) is 0 Å². The fourth-order valence-corrected chi connectivity index (χ4v) is 6.41. The molecule has 0 aliphatic heterocycles. The van der Waals surface area contributed by atoms with Gasteiger partial charge in [-0.1, -0.05) is 66.7 Å². The smallest absolute Gasteiger partial charge is 1.00 e. The topological polar surface area (TPSA) is 97.7 Å². The van der Waals surface area contributed by atoms with Crippen LogP contribution < -0.4 is 40.2 Å². The Morgan fingerprint density at radius 2 is 1.18 bits per heavy atom. The van der Waals surface area contributed by atoms with Gasteiger partial charge in [-0.05, 0) is 18.2 Å². The predicted molar refractivity (Wildman–Crippen MR) is 105 cm³/mol. The van der Waals surface area contributed by atoms with Gasteiger partial charge < -0.3 is 1.43 Å². The van der Waals surface area contributed by atoms with Crippen LogP contribution in [0.4, 0.5) is 0 Å². The average molecular weight is 446 g/mol. The number of rotatable bonds is 6. The SMILES string of the molecule is O=S(=O)(O)c1cccc(S(=O)(=O)OP(c2ccccc2)c2ccccc2)c1.[H-].[Na+]. The van der Waals surface area contributed by atoms with E-state index in [9.17, 15) is 16.8 Å². The van der Waals surface area contributed by atoms with Gasteiger partial charge in [-0.3, -0.25) is 4.55 Å². The van der Waals surface area contributed by atoms with Gasteiger partial charge in [0, 0.05) is 10.6 Å². The second-order valence-corrected chi connectivity index (χ2v) is 10.5. The summed E-state index contributed by atoms with van der Waals surface area (Å²) in [6, 6.07) is 22.2. The molecule has 0 aromatic heterocycles. The van der Waals surface area contributed by atoms with E-state index >= 15 is 0 Å². The van der Waals surface area contributed by atoms with E-state index in [1.54, 1.807) is 48.5 Å². The molecular weight excluding hydrogens is 430 g/mol. The molecule has 0 amide bonds. The monoisotopic (exact) mass is 446 g/mol. The van der Waals surface area contributed by atoms with Crippen molar-refractivity contribution in [3.8, 4) is 0 Å². The van der Waals surface area contributed by atoms with E-state index in [1.165, 1.54) is 12.1 Å². The third-order valence-corrected chi connectivity index (χ3v) is 8.14. The third-order valence-electron chi connectivity index (χ3n) is 3.55. The molecule has 0 spiro atoms. The largest absolute Gasteiger partial charge is 1.00 e. The summed E-state index contributed by atoms with van der Waals surface area (Å²) in [6.45, 7) is 0. The molecule has 10 heteroatoms. The first-order chi connectivity index (χ1) is 12.8. The van der Waals surface area contributed by atoms with Gasteiger partial charge in [0.25, 0.3) is 10.1 Å². The molecule has 142 valence electrons. The first-order valence-corrected chi connectivity index (χ1v) is 11.8. The maximum absolute atomic E-state index is 12.8. The molecule has 3 rings (SSSR count). The van der Waals surface area contributed by atoms with Crippen molar-refractivity contribution in [1.82, 2.24) is 0 Å². The van der Waals surface area contributed by atoms with E-state index in [1.807, 2.05) is 12.1 Å². The summed E-state index contributed by atoms with van der Waals surface area (Å²) >= 11 is 0. The van der Waals surface area contributed by atoms with E-state index < -0.39 is 33.3 Å². The van der Waals surface area contributed by atoms with E-state index in [-0.39, 0.29) is 35.9 Å². The average Bonchev–Trinajstić information content (AvgIpc) is 2.67. The van der Waals surface area contributed by atoms with Gasteiger partial charge in [0.05, 0.1) is 9.79 Å². The van der Waals surface area contributed by atoms with Crippen molar-refractivity contribution >= 4 is 39.0 Å². The first-order valence-electron chi connectivity index (χ1n) is 7.70. The molecule has 0 fully saturated rings. The zero-order chi connectivity index (χ0) is 19.5. The molecule has 0 atom stereocenters. The third kappa shape index (κ3) is 5.72. The summed E-state index contributed by atoms with van der Waals surface area (Å²) in [4.78, 5) is -0.868. The second kappa shape index (κ2) is 9.61. The fraction of sp³-hybridized carbons (Fsp3) is 0. The van der Waals surface area contributed by atoms with Gasteiger partial charge in [-0.2, -0.15) is 16.8 Å². The van der Waals surface area contributed by atoms with Gasteiger partial charge in [0.15, 0.2) is 0 Å². The van der Waals surface area contributed by atoms with Crippen molar-refractivity contribution < 1.29 is 56.3 Å². The van der Waals surface area contributed by atoms with Crippen LogP contribution in [-0.2, 0) is 24.2 Å². The summed E-state index contributed by atoms with van der Waals surface area (Å²) in [7, 11) is -10.5. The van der Waals surface area contributed by atoms with Crippen LogP contribution in [0.2, 0.25) is 0 Å². The number of hydrogen-bond donors (Lipinski definition) is 1. The Morgan fingerprint density at radius 1 is 0.714 bits per heavy atom. The van der Waals surface area contributed by atoms with Crippen LogP contribution in [0, 0.1) is 0 Å². The van der Waals surface area contributed by atoms with Crippen LogP contribution in [0.5, 0.6) is 0 Å². The Bertz CT molecular complexity index is 1100. The van der Waals surface area contributed by atoms with E-state index in [2.05, 4.69) is 0 Å². The Hall–Kier alpha value is -1.09. The summed E-state index contributed by atoms with van der Waals surface area (Å²) in [6.07, 6.45) is 0. The summed E-state index contributed by atoms with van der Waals surface area (Å²) in [5.41, 5.74) is 0. The predicted octanol–water partition coefficient (Wildman–Crippen LogP) is -0.197. The Morgan fingerprint density at radius 3 is 1.64 bits per heavy atom. The molecule has 3 aromatic rings. The number of hydrogen-bond acceptors (Lipinski definition) is 5. The van der Waals surface area contributed by atoms with Crippen molar-refractivity contribution in [2.45, 2.75) is 9.79 Å². The van der Waals surface area contributed by atoms with Crippen molar-refractivity contribution in [1.29, 1.82) is 0 Å². The molecule has 0 radical (unpaired) electrons. The molecule has 0 unspecified atom stereocenters. The van der Waals surface area contributed by atoms with Crippen molar-refractivity contribution in [2.75, 3.05) is 0 Å². The van der Waals surface area contributed by atoms with E-state index in [0.717, 1.165) is 12.1 Å². The van der Waals surface area contributed by atoms with Gasteiger partial charge >= 0.3 is 39.7 Å². The zero-order valence-electron chi connectivity index (χ0n) is 15.8. The van der Waals surface area contributed by atoms with Crippen LogP contribution in [0.3, 0.4) is 0 Å². The molecule has 0 aliphatic carbocycles. The summed E-state index contributed by atoms with van der Waals surface area (Å²) in [5.74, 6) is 0. The molecule has 0 heterocycles. The minimum Gasteiger partial charge on any atom is -1.00 e. The molecule has 6 nitrogen and oxygen atoms in total. The molecule has 0 bridgehead atoms. The Balaban J connectivity index is 0.00000210. The van der Waals surface area contributed by atoms with E-state index in [0.29, 0.717) is 10.6 Å². The first kappa shape index (κ1) is 23.2. The molecule has 0 saturated heterocycles. The van der Waals surface area contributed by atoms with Crippen molar-refractivity contribution in [3.63, 3.8) is 0 Å². The van der Waals surface area contributed by atoms with Gasteiger partial charge in [0.2, 0.25) is 0 Å². The number of benzene rings is 3. The van der Waals surface area contributed by atoms with Crippen molar-refractivity contribution in [3.05, 3.63) is 84.9 Å². The normalized spacial score (nSPS) is 11.8.